The molecular weight excluding hydrogens is 293 g/mol. The van der Waals surface area contributed by atoms with E-state index in [0.717, 1.165) is 5.56 Å². The smallest absolute Gasteiger partial charge is 0.139 e. The van der Waals surface area contributed by atoms with Crippen molar-refractivity contribution in [3.05, 3.63) is 57.0 Å². The van der Waals surface area contributed by atoms with Gasteiger partial charge in [0.25, 0.3) is 0 Å². The van der Waals surface area contributed by atoms with Gasteiger partial charge >= 0.3 is 0 Å². The Kier molecular flexibility index (Phi) is 4.23. The van der Waals surface area contributed by atoms with Crippen LogP contribution in [0.15, 0.2) is 36.4 Å². The maximum absolute atomic E-state index is 6.01. The third kappa shape index (κ3) is 3.22. The van der Waals surface area contributed by atoms with Crippen molar-refractivity contribution in [1.29, 1.82) is 0 Å². The summed E-state index contributed by atoms with van der Waals surface area (Å²) in [5, 5.41) is 1.23. The molecule has 18 heavy (non-hydrogen) atoms. The van der Waals surface area contributed by atoms with E-state index < -0.39 is 0 Å². The zero-order valence-corrected chi connectivity index (χ0v) is 11.6. The number of nitrogen functional groups attached to an aromatic ring is 1. The molecule has 0 radical (unpaired) electrons. The Labute approximate surface area is 120 Å². The number of rotatable bonds is 3. The number of ether oxygens (including phenoxy) is 1. The fraction of sp³-hybridized carbons (Fsp3) is 0.0769. The first-order valence-corrected chi connectivity index (χ1v) is 6.31. The summed E-state index contributed by atoms with van der Waals surface area (Å²) in [5.41, 5.74) is 7.33. The predicted octanol–water partition coefficient (Wildman–Crippen LogP) is 4.81. The van der Waals surface area contributed by atoms with Crippen LogP contribution >= 0.6 is 34.8 Å². The van der Waals surface area contributed by atoms with Gasteiger partial charge < -0.3 is 10.5 Å². The van der Waals surface area contributed by atoms with Gasteiger partial charge in [-0.25, -0.2) is 0 Å². The first kappa shape index (κ1) is 13.3. The summed E-state index contributed by atoms with van der Waals surface area (Å²) in [5.74, 6) is 0.494. The van der Waals surface area contributed by atoms with Crippen LogP contribution in [0.5, 0.6) is 5.75 Å². The van der Waals surface area contributed by atoms with Crippen LogP contribution < -0.4 is 10.5 Å². The third-order valence-corrected chi connectivity index (χ3v) is 3.34. The Hall–Kier alpha value is -1.09. The minimum Gasteiger partial charge on any atom is -0.487 e. The van der Waals surface area contributed by atoms with Crippen molar-refractivity contribution < 1.29 is 4.74 Å². The van der Waals surface area contributed by atoms with E-state index in [2.05, 4.69) is 0 Å². The van der Waals surface area contributed by atoms with Crippen LogP contribution in [0.25, 0.3) is 0 Å². The van der Waals surface area contributed by atoms with Gasteiger partial charge in [0.1, 0.15) is 12.4 Å². The van der Waals surface area contributed by atoms with Gasteiger partial charge in [-0.05, 0) is 23.8 Å². The molecule has 0 heterocycles. The lowest BCUT2D eigenvalue weighted by atomic mass is 10.2. The Morgan fingerprint density at radius 2 is 1.67 bits per heavy atom. The van der Waals surface area contributed by atoms with E-state index in [-0.39, 0.29) is 0 Å². The molecule has 0 aliphatic heterocycles. The highest BCUT2D eigenvalue weighted by Gasteiger charge is 2.07. The predicted molar refractivity (Wildman–Crippen MR) is 76.7 cm³/mol. The van der Waals surface area contributed by atoms with E-state index in [1.54, 1.807) is 12.1 Å². The number of benzene rings is 2. The number of halogens is 3. The van der Waals surface area contributed by atoms with Crippen molar-refractivity contribution in [3.63, 3.8) is 0 Å². The lowest BCUT2D eigenvalue weighted by Gasteiger charge is -2.09. The lowest BCUT2D eigenvalue weighted by molar-refractivity contribution is 0.306. The number of nitrogens with two attached hydrogens (primary N) is 1. The first-order chi connectivity index (χ1) is 8.56. The molecule has 0 atom stereocenters. The summed E-state index contributed by atoms with van der Waals surface area (Å²) in [6, 6.07) is 10.6. The van der Waals surface area contributed by atoms with Crippen molar-refractivity contribution in [3.8, 4) is 5.75 Å². The van der Waals surface area contributed by atoms with Crippen molar-refractivity contribution in [2.75, 3.05) is 5.73 Å². The summed E-state index contributed by atoms with van der Waals surface area (Å²) in [6.07, 6.45) is 0. The number of hydrogen-bond donors (Lipinski definition) is 1. The maximum Gasteiger partial charge on any atom is 0.139 e. The SMILES string of the molecule is Nc1cccc(COc2cc(Cl)c(Cl)cc2Cl)c1. The Morgan fingerprint density at radius 3 is 2.39 bits per heavy atom. The molecule has 0 aliphatic carbocycles. The molecule has 0 amide bonds. The minimum absolute atomic E-state index is 0.364. The van der Waals surface area contributed by atoms with Crippen LogP contribution in [0, 0.1) is 0 Å². The molecule has 2 aromatic carbocycles. The molecule has 2 aromatic rings. The highest BCUT2D eigenvalue weighted by Crippen LogP contribution is 2.34. The Bertz CT molecular complexity index is 572. The second-order valence-electron chi connectivity index (χ2n) is 3.73. The number of hydrogen-bond acceptors (Lipinski definition) is 2. The fourth-order valence-corrected chi connectivity index (χ4v) is 2.05. The monoisotopic (exact) mass is 301 g/mol. The topological polar surface area (TPSA) is 35.2 Å². The van der Waals surface area contributed by atoms with E-state index >= 15 is 0 Å². The largest absolute Gasteiger partial charge is 0.487 e. The molecule has 0 aliphatic rings. The van der Waals surface area contributed by atoms with Gasteiger partial charge in [0.05, 0.1) is 15.1 Å². The quantitative estimate of drug-likeness (QED) is 0.652. The first-order valence-electron chi connectivity index (χ1n) is 5.18. The summed E-state index contributed by atoms with van der Waals surface area (Å²) in [4.78, 5) is 0. The maximum atomic E-state index is 6.01. The van der Waals surface area contributed by atoms with Crippen molar-refractivity contribution in [1.82, 2.24) is 0 Å². The van der Waals surface area contributed by atoms with Crippen LogP contribution in [0.4, 0.5) is 5.69 Å². The van der Waals surface area contributed by atoms with Gasteiger partial charge in [-0.15, -0.1) is 0 Å². The van der Waals surface area contributed by atoms with E-state index in [4.69, 9.17) is 45.3 Å². The number of anilines is 1. The van der Waals surface area contributed by atoms with Crippen molar-refractivity contribution >= 4 is 40.5 Å². The highest BCUT2D eigenvalue weighted by molar-refractivity contribution is 6.43. The summed E-state index contributed by atoms with van der Waals surface area (Å²) in [7, 11) is 0. The molecule has 5 heteroatoms. The minimum atomic E-state index is 0.364. The standard InChI is InChI=1S/C13H10Cl3NO/c14-10-5-12(16)13(6-11(10)15)18-7-8-2-1-3-9(17)4-8/h1-6H,7,17H2. The lowest BCUT2D eigenvalue weighted by Crippen LogP contribution is -1.97. The zero-order valence-electron chi connectivity index (χ0n) is 9.29. The molecule has 0 saturated heterocycles. The molecule has 0 saturated carbocycles. The van der Waals surface area contributed by atoms with Crippen LogP contribution in [0.2, 0.25) is 15.1 Å². The van der Waals surface area contributed by atoms with E-state index in [1.165, 1.54) is 0 Å². The van der Waals surface area contributed by atoms with Gasteiger partial charge in [-0.2, -0.15) is 0 Å². The molecule has 94 valence electrons. The van der Waals surface area contributed by atoms with Gasteiger partial charge in [-0.3, -0.25) is 0 Å². The van der Waals surface area contributed by atoms with Gasteiger partial charge in [0.15, 0.2) is 0 Å². The fourth-order valence-electron chi connectivity index (χ4n) is 1.46. The van der Waals surface area contributed by atoms with Crippen LogP contribution in [-0.2, 0) is 6.61 Å². The molecule has 0 unspecified atom stereocenters. The van der Waals surface area contributed by atoms with E-state index in [0.29, 0.717) is 33.1 Å². The zero-order chi connectivity index (χ0) is 13.1. The molecule has 0 aromatic heterocycles. The second kappa shape index (κ2) is 5.70. The normalized spacial score (nSPS) is 10.4. The van der Waals surface area contributed by atoms with Crippen LogP contribution in [-0.4, -0.2) is 0 Å². The average Bonchev–Trinajstić information content (AvgIpc) is 2.32. The molecule has 2 N–H and O–H groups in total. The summed E-state index contributed by atoms with van der Waals surface area (Å²) >= 11 is 17.7. The Balaban J connectivity index is 2.13. The molecule has 0 bridgehead atoms. The van der Waals surface area contributed by atoms with Crippen LogP contribution in [0.1, 0.15) is 5.56 Å². The van der Waals surface area contributed by atoms with Crippen molar-refractivity contribution in [2.24, 2.45) is 0 Å². The van der Waals surface area contributed by atoms with Gasteiger partial charge in [-0.1, -0.05) is 46.9 Å². The molecule has 0 fully saturated rings. The molecular formula is C13H10Cl3NO. The van der Waals surface area contributed by atoms with Crippen LogP contribution in [0.3, 0.4) is 0 Å². The molecule has 2 rings (SSSR count). The third-order valence-electron chi connectivity index (χ3n) is 2.32. The van der Waals surface area contributed by atoms with Crippen molar-refractivity contribution in [2.45, 2.75) is 6.61 Å². The van der Waals surface area contributed by atoms with Gasteiger partial charge in [0.2, 0.25) is 0 Å². The second-order valence-corrected chi connectivity index (χ2v) is 4.95. The Morgan fingerprint density at radius 1 is 0.944 bits per heavy atom. The summed E-state index contributed by atoms with van der Waals surface area (Å²) < 4.78 is 5.58. The molecule has 2 nitrogen and oxygen atoms in total. The van der Waals surface area contributed by atoms with E-state index in [9.17, 15) is 0 Å². The van der Waals surface area contributed by atoms with E-state index in [1.807, 2.05) is 24.3 Å². The summed E-state index contributed by atoms with van der Waals surface area (Å²) in [6.45, 7) is 0.364. The molecule has 0 spiro atoms. The average molecular weight is 303 g/mol. The highest BCUT2D eigenvalue weighted by atomic mass is 35.5. The van der Waals surface area contributed by atoms with Gasteiger partial charge in [0, 0.05) is 11.8 Å².